The molecule has 0 saturated carbocycles. The standard InChI is InChI=1S/C18H20N2O5/c1-4-24-16-9-6-13(11-17(16)25-5-2)18(21)19-15-8-7-14(20(22)23)10-12(15)3/h6-11H,4-5H2,1-3H3,(H,19,21). The van der Waals surface area contributed by atoms with Gasteiger partial charge in [0.2, 0.25) is 0 Å². The minimum atomic E-state index is -0.473. The molecule has 0 spiro atoms. The van der Waals surface area contributed by atoms with E-state index in [0.717, 1.165) is 0 Å². The van der Waals surface area contributed by atoms with Crippen LogP contribution in [0.5, 0.6) is 11.5 Å². The summed E-state index contributed by atoms with van der Waals surface area (Å²) in [5.74, 6) is 0.741. The van der Waals surface area contributed by atoms with E-state index in [1.54, 1.807) is 25.1 Å². The molecule has 0 atom stereocenters. The van der Waals surface area contributed by atoms with E-state index < -0.39 is 4.92 Å². The van der Waals surface area contributed by atoms with E-state index in [4.69, 9.17) is 9.47 Å². The van der Waals surface area contributed by atoms with Crippen LogP contribution in [0.1, 0.15) is 29.8 Å². The van der Waals surface area contributed by atoms with Crippen molar-refractivity contribution in [2.75, 3.05) is 18.5 Å². The van der Waals surface area contributed by atoms with Crippen molar-refractivity contribution in [3.8, 4) is 11.5 Å². The number of nitro benzene ring substituents is 1. The summed E-state index contributed by atoms with van der Waals surface area (Å²) < 4.78 is 11.0. The Morgan fingerprint density at radius 3 is 2.36 bits per heavy atom. The molecule has 7 nitrogen and oxygen atoms in total. The molecule has 0 saturated heterocycles. The van der Waals surface area contributed by atoms with Crippen LogP contribution in [-0.4, -0.2) is 24.0 Å². The van der Waals surface area contributed by atoms with Crippen LogP contribution in [0.4, 0.5) is 11.4 Å². The second-order valence-corrected chi connectivity index (χ2v) is 5.24. The normalized spacial score (nSPS) is 10.2. The Bertz CT molecular complexity index is 789. The molecule has 2 aromatic carbocycles. The number of ether oxygens (including phenoxy) is 2. The lowest BCUT2D eigenvalue weighted by Gasteiger charge is -2.13. The fourth-order valence-electron chi connectivity index (χ4n) is 2.29. The number of aryl methyl sites for hydroxylation is 1. The highest BCUT2D eigenvalue weighted by molar-refractivity contribution is 6.05. The van der Waals surface area contributed by atoms with Gasteiger partial charge in [0, 0.05) is 23.4 Å². The van der Waals surface area contributed by atoms with Crippen LogP contribution in [0.2, 0.25) is 0 Å². The average Bonchev–Trinajstić information content (AvgIpc) is 2.58. The molecular formula is C18H20N2O5. The number of anilines is 1. The first-order valence-corrected chi connectivity index (χ1v) is 7.92. The zero-order valence-corrected chi connectivity index (χ0v) is 14.4. The summed E-state index contributed by atoms with van der Waals surface area (Å²) in [7, 11) is 0. The van der Waals surface area contributed by atoms with Crippen molar-refractivity contribution in [2.45, 2.75) is 20.8 Å². The van der Waals surface area contributed by atoms with Crippen LogP contribution in [0, 0.1) is 17.0 Å². The Balaban J connectivity index is 2.23. The maximum absolute atomic E-state index is 12.5. The second kappa shape index (κ2) is 8.14. The van der Waals surface area contributed by atoms with Crippen molar-refractivity contribution >= 4 is 17.3 Å². The lowest BCUT2D eigenvalue weighted by atomic mass is 10.1. The van der Waals surface area contributed by atoms with Crippen molar-refractivity contribution < 1.29 is 19.2 Å². The van der Waals surface area contributed by atoms with Gasteiger partial charge in [-0.05, 0) is 50.6 Å². The number of non-ortho nitro benzene ring substituents is 1. The van der Waals surface area contributed by atoms with E-state index in [2.05, 4.69) is 5.32 Å². The summed E-state index contributed by atoms with van der Waals surface area (Å²) >= 11 is 0. The number of benzene rings is 2. The first-order chi connectivity index (χ1) is 12.0. The highest BCUT2D eigenvalue weighted by Crippen LogP contribution is 2.29. The van der Waals surface area contributed by atoms with Gasteiger partial charge in [0.1, 0.15) is 0 Å². The molecule has 0 aromatic heterocycles. The number of carbonyl (C=O) groups excluding carboxylic acids is 1. The van der Waals surface area contributed by atoms with Gasteiger partial charge in [0.05, 0.1) is 18.1 Å². The Morgan fingerprint density at radius 1 is 1.08 bits per heavy atom. The number of nitrogens with one attached hydrogen (secondary N) is 1. The van der Waals surface area contributed by atoms with E-state index >= 15 is 0 Å². The molecule has 132 valence electrons. The van der Waals surface area contributed by atoms with Gasteiger partial charge in [0.25, 0.3) is 11.6 Å². The molecule has 0 aliphatic heterocycles. The van der Waals surface area contributed by atoms with Crippen LogP contribution in [0.15, 0.2) is 36.4 Å². The largest absolute Gasteiger partial charge is 0.490 e. The third-order valence-electron chi connectivity index (χ3n) is 3.47. The maximum atomic E-state index is 12.5. The summed E-state index contributed by atoms with van der Waals surface area (Å²) in [6.45, 7) is 6.36. The van der Waals surface area contributed by atoms with Crippen LogP contribution in [-0.2, 0) is 0 Å². The molecule has 2 rings (SSSR count). The molecule has 0 aliphatic rings. The lowest BCUT2D eigenvalue weighted by molar-refractivity contribution is -0.384. The Kier molecular flexibility index (Phi) is 5.94. The van der Waals surface area contributed by atoms with Crippen molar-refractivity contribution in [3.05, 3.63) is 57.6 Å². The second-order valence-electron chi connectivity index (χ2n) is 5.24. The molecule has 0 bridgehead atoms. The lowest BCUT2D eigenvalue weighted by Crippen LogP contribution is -2.13. The van der Waals surface area contributed by atoms with E-state index in [1.807, 2.05) is 13.8 Å². The SMILES string of the molecule is CCOc1ccc(C(=O)Nc2ccc([N+](=O)[O-])cc2C)cc1OCC. The van der Waals surface area contributed by atoms with E-state index in [0.29, 0.717) is 41.5 Å². The number of hydrogen-bond donors (Lipinski definition) is 1. The molecule has 1 N–H and O–H groups in total. The van der Waals surface area contributed by atoms with Gasteiger partial charge in [-0.2, -0.15) is 0 Å². The summed E-state index contributed by atoms with van der Waals surface area (Å²) in [5, 5.41) is 13.5. The number of hydrogen-bond acceptors (Lipinski definition) is 5. The minimum absolute atomic E-state index is 0.0183. The third-order valence-corrected chi connectivity index (χ3v) is 3.47. The Labute approximate surface area is 145 Å². The average molecular weight is 344 g/mol. The first-order valence-electron chi connectivity index (χ1n) is 7.92. The molecular weight excluding hydrogens is 324 g/mol. The number of rotatable bonds is 7. The smallest absolute Gasteiger partial charge is 0.269 e. The molecule has 2 aromatic rings. The molecule has 0 aliphatic carbocycles. The van der Waals surface area contributed by atoms with Gasteiger partial charge in [-0.25, -0.2) is 0 Å². The molecule has 25 heavy (non-hydrogen) atoms. The highest BCUT2D eigenvalue weighted by Gasteiger charge is 2.14. The highest BCUT2D eigenvalue weighted by atomic mass is 16.6. The van der Waals surface area contributed by atoms with Crippen LogP contribution < -0.4 is 14.8 Å². The molecule has 7 heteroatoms. The Morgan fingerprint density at radius 2 is 1.76 bits per heavy atom. The molecule has 0 fully saturated rings. The predicted octanol–water partition coefficient (Wildman–Crippen LogP) is 3.95. The quantitative estimate of drug-likeness (QED) is 0.606. The fraction of sp³-hybridized carbons (Fsp3) is 0.278. The van der Waals surface area contributed by atoms with Crippen molar-refractivity contribution in [2.24, 2.45) is 0 Å². The van der Waals surface area contributed by atoms with Crippen molar-refractivity contribution in [1.82, 2.24) is 0 Å². The summed E-state index contributed by atoms with van der Waals surface area (Å²) in [6, 6.07) is 9.23. The first kappa shape index (κ1) is 18.3. The van der Waals surface area contributed by atoms with Crippen LogP contribution in [0.25, 0.3) is 0 Å². The molecule has 1 amide bonds. The van der Waals surface area contributed by atoms with E-state index in [1.165, 1.54) is 18.2 Å². The molecule has 0 unspecified atom stereocenters. The summed E-state index contributed by atoms with van der Waals surface area (Å²) in [4.78, 5) is 22.8. The number of nitro groups is 1. The van der Waals surface area contributed by atoms with Crippen molar-refractivity contribution in [1.29, 1.82) is 0 Å². The van der Waals surface area contributed by atoms with Gasteiger partial charge in [-0.1, -0.05) is 0 Å². The van der Waals surface area contributed by atoms with Gasteiger partial charge in [-0.3, -0.25) is 14.9 Å². The summed E-state index contributed by atoms with van der Waals surface area (Å²) in [6.07, 6.45) is 0. The predicted molar refractivity (Wildman–Crippen MR) is 94.6 cm³/mol. The topological polar surface area (TPSA) is 90.7 Å². The number of nitrogens with zero attached hydrogens (tertiary/aromatic N) is 1. The molecule has 0 radical (unpaired) electrons. The number of carbonyl (C=O) groups is 1. The fourth-order valence-corrected chi connectivity index (χ4v) is 2.29. The monoisotopic (exact) mass is 344 g/mol. The number of amides is 1. The van der Waals surface area contributed by atoms with Crippen LogP contribution >= 0.6 is 0 Å². The van der Waals surface area contributed by atoms with Gasteiger partial charge in [-0.15, -0.1) is 0 Å². The van der Waals surface area contributed by atoms with Crippen molar-refractivity contribution in [3.63, 3.8) is 0 Å². The van der Waals surface area contributed by atoms with Gasteiger partial charge >= 0.3 is 0 Å². The van der Waals surface area contributed by atoms with E-state index in [-0.39, 0.29) is 11.6 Å². The van der Waals surface area contributed by atoms with Gasteiger partial charge in [0.15, 0.2) is 11.5 Å². The molecule has 0 heterocycles. The van der Waals surface area contributed by atoms with Gasteiger partial charge < -0.3 is 14.8 Å². The Hall–Kier alpha value is -3.09. The zero-order valence-electron chi connectivity index (χ0n) is 14.4. The zero-order chi connectivity index (χ0) is 18.4. The summed E-state index contributed by atoms with van der Waals surface area (Å²) in [5.41, 5.74) is 1.51. The minimum Gasteiger partial charge on any atom is -0.490 e. The maximum Gasteiger partial charge on any atom is 0.269 e. The van der Waals surface area contributed by atoms with E-state index in [9.17, 15) is 14.9 Å². The van der Waals surface area contributed by atoms with Crippen LogP contribution in [0.3, 0.4) is 0 Å². The third kappa shape index (κ3) is 4.47.